The lowest BCUT2D eigenvalue weighted by Gasteiger charge is -2.07. The summed E-state index contributed by atoms with van der Waals surface area (Å²) in [6.07, 6.45) is 0. The second kappa shape index (κ2) is 6.23. The number of nitrogens with one attached hydrogen (secondary N) is 2. The van der Waals surface area contributed by atoms with Crippen molar-refractivity contribution < 1.29 is 9.47 Å². The van der Waals surface area contributed by atoms with Crippen molar-refractivity contribution in [1.29, 1.82) is 0 Å². The molecule has 0 saturated heterocycles. The van der Waals surface area contributed by atoms with E-state index in [9.17, 15) is 0 Å². The Balaban J connectivity index is 2.42. The van der Waals surface area contributed by atoms with E-state index in [0.29, 0.717) is 13.5 Å². The van der Waals surface area contributed by atoms with Gasteiger partial charge in [0.05, 0.1) is 0 Å². The highest BCUT2D eigenvalue weighted by molar-refractivity contribution is 5.53. The first-order chi connectivity index (χ1) is 6.86. The molecule has 0 heterocycles. The highest BCUT2D eigenvalue weighted by Gasteiger charge is 1.92. The second-order valence-electron chi connectivity index (χ2n) is 2.80. The molecule has 0 radical (unpaired) electrons. The number of ether oxygens (including phenoxy) is 2. The maximum atomic E-state index is 4.89. The Bertz CT molecular complexity index is 222. The van der Waals surface area contributed by atoms with Crippen LogP contribution in [0, 0.1) is 0 Å². The van der Waals surface area contributed by atoms with Crippen molar-refractivity contribution in [2.45, 2.75) is 0 Å². The summed E-state index contributed by atoms with van der Waals surface area (Å²) >= 11 is 0. The Morgan fingerprint density at radius 2 is 1.21 bits per heavy atom. The average Bonchev–Trinajstić information content (AvgIpc) is 2.25. The molecule has 0 saturated carbocycles. The van der Waals surface area contributed by atoms with E-state index in [0.717, 1.165) is 11.4 Å². The summed E-state index contributed by atoms with van der Waals surface area (Å²) in [5.74, 6) is 0. The fourth-order valence-corrected chi connectivity index (χ4v) is 1.02. The second-order valence-corrected chi connectivity index (χ2v) is 2.80. The van der Waals surface area contributed by atoms with Crippen molar-refractivity contribution in [3.63, 3.8) is 0 Å². The van der Waals surface area contributed by atoms with Gasteiger partial charge in [-0.25, -0.2) is 0 Å². The van der Waals surface area contributed by atoms with Crippen molar-refractivity contribution in [3.05, 3.63) is 24.3 Å². The summed E-state index contributed by atoms with van der Waals surface area (Å²) < 4.78 is 9.79. The van der Waals surface area contributed by atoms with E-state index >= 15 is 0 Å². The molecule has 0 amide bonds. The van der Waals surface area contributed by atoms with Crippen LogP contribution < -0.4 is 10.6 Å². The Labute approximate surface area is 84.2 Å². The van der Waals surface area contributed by atoms with Gasteiger partial charge in [-0.2, -0.15) is 0 Å². The van der Waals surface area contributed by atoms with Crippen LogP contribution in [0.4, 0.5) is 11.4 Å². The van der Waals surface area contributed by atoms with E-state index in [1.807, 2.05) is 24.3 Å². The van der Waals surface area contributed by atoms with Gasteiger partial charge < -0.3 is 20.1 Å². The lowest BCUT2D eigenvalue weighted by molar-refractivity contribution is 0.221. The molecular weight excluding hydrogens is 180 g/mol. The highest BCUT2D eigenvalue weighted by atomic mass is 16.5. The van der Waals surface area contributed by atoms with E-state index in [-0.39, 0.29) is 0 Å². The fourth-order valence-electron chi connectivity index (χ4n) is 1.02. The van der Waals surface area contributed by atoms with Crippen molar-refractivity contribution in [2.75, 3.05) is 38.3 Å². The van der Waals surface area contributed by atoms with E-state index in [1.54, 1.807) is 14.2 Å². The first kappa shape index (κ1) is 10.8. The highest BCUT2D eigenvalue weighted by Crippen LogP contribution is 2.12. The van der Waals surface area contributed by atoms with E-state index in [2.05, 4.69) is 10.6 Å². The first-order valence-electron chi connectivity index (χ1n) is 4.42. The first-order valence-corrected chi connectivity index (χ1v) is 4.42. The molecule has 0 atom stereocenters. The van der Waals surface area contributed by atoms with E-state index in [1.165, 1.54) is 0 Å². The monoisotopic (exact) mass is 196 g/mol. The predicted octanol–water partition coefficient (Wildman–Crippen LogP) is 1.72. The quantitative estimate of drug-likeness (QED) is 0.680. The number of hydrogen-bond donors (Lipinski definition) is 2. The van der Waals surface area contributed by atoms with Crippen molar-refractivity contribution in [2.24, 2.45) is 0 Å². The molecule has 0 unspecified atom stereocenters. The van der Waals surface area contributed by atoms with Crippen LogP contribution >= 0.6 is 0 Å². The summed E-state index contributed by atoms with van der Waals surface area (Å²) in [5, 5.41) is 6.19. The van der Waals surface area contributed by atoms with E-state index < -0.39 is 0 Å². The van der Waals surface area contributed by atoms with Crippen LogP contribution in [0.3, 0.4) is 0 Å². The molecule has 14 heavy (non-hydrogen) atoms. The number of hydrogen-bond acceptors (Lipinski definition) is 4. The Kier molecular flexibility index (Phi) is 4.82. The van der Waals surface area contributed by atoms with Gasteiger partial charge in [0.2, 0.25) is 0 Å². The summed E-state index contributed by atoms with van der Waals surface area (Å²) in [5.41, 5.74) is 2.07. The molecule has 0 aliphatic heterocycles. The number of rotatable bonds is 6. The molecule has 1 rings (SSSR count). The molecule has 0 fully saturated rings. The molecule has 0 aliphatic carbocycles. The minimum atomic E-state index is 0.519. The van der Waals surface area contributed by atoms with Crippen molar-refractivity contribution in [3.8, 4) is 0 Å². The Morgan fingerprint density at radius 1 is 0.857 bits per heavy atom. The van der Waals surface area contributed by atoms with E-state index in [4.69, 9.17) is 9.47 Å². The minimum Gasteiger partial charge on any atom is -0.365 e. The number of anilines is 2. The van der Waals surface area contributed by atoms with Crippen LogP contribution in [0.5, 0.6) is 0 Å². The molecule has 0 spiro atoms. The average molecular weight is 196 g/mol. The topological polar surface area (TPSA) is 42.5 Å². The molecule has 0 aliphatic rings. The van der Waals surface area contributed by atoms with Gasteiger partial charge in [0.1, 0.15) is 13.5 Å². The maximum Gasteiger partial charge on any atom is 0.116 e. The Hall–Kier alpha value is -1.26. The smallest absolute Gasteiger partial charge is 0.116 e. The third-order valence-electron chi connectivity index (χ3n) is 1.73. The maximum absolute atomic E-state index is 4.89. The largest absolute Gasteiger partial charge is 0.365 e. The van der Waals surface area contributed by atoms with Gasteiger partial charge >= 0.3 is 0 Å². The molecule has 78 valence electrons. The van der Waals surface area contributed by atoms with Gasteiger partial charge in [0.25, 0.3) is 0 Å². The summed E-state index contributed by atoms with van der Waals surface area (Å²) in [6, 6.07) is 7.93. The molecule has 4 nitrogen and oxygen atoms in total. The van der Waals surface area contributed by atoms with Gasteiger partial charge in [-0.05, 0) is 24.3 Å². The normalized spacial score (nSPS) is 9.86. The van der Waals surface area contributed by atoms with Crippen LogP contribution in [0.1, 0.15) is 0 Å². The Morgan fingerprint density at radius 3 is 1.50 bits per heavy atom. The summed E-state index contributed by atoms with van der Waals surface area (Å²) in [6.45, 7) is 1.04. The molecule has 0 aromatic heterocycles. The molecular formula is C10H16N2O2. The van der Waals surface area contributed by atoms with Crippen molar-refractivity contribution in [1.82, 2.24) is 0 Å². The molecule has 1 aromatic carbocycles. The van der Waals surface area contributed by atoms with Crippen LogP contribution in [-0.4, -0.2) is 27.7 Å². The van der Waals surface area contributed by atoms with Crippen LogP contribution in [0.15, 0.2) is 24.3 Å². The van der Waals surface area contributed by atoms with Gasteiger partial charge in [0.15, 0.2) is 0 Å². The van der Waals surface area contributed by atoms with Crippen LogP contribution in [-0.2, 0) is 9.47 Å². The van der Waals surface area contributed by atoms with Crippen LogP contribution in [0.25, 0.3) is 0 Å². The van der Waals surface area contributed by atoms with Gasteiger partial charge in [0, 0.05) is 25.6 Å². The number of methoxy groups -OCH3 is 2. The zero-order chi connectivity index (χ0) is 10.2. The standard InChI is InChI=1S/C10H16N2O2/c1-13-7-11-9-3-5-10(6-4-9)12-8-14-2/h3-6,11-12H,7-8H2,1-2H3. The zero-order valence-electron chi connectivity index (χ0n) is 8.54. The lowest BCUT2D eigenvalue weighted by Crippen LogP contribution is -2.04. The summed E-state index contributed by atoms with van der Waals surface area (Å²) in [4.78, 5) is 0. The zero-order valence-corrected chi connectivity index (χ0v) is 8.54. The third kappa shape index (κ3) is 3.64. The molecule has 4 heteroatoms. The number of benzene rings is 1. The SMILES string of the molecule is COCNc1ccc(NCOC)cc1. The van der Waals surface area contributed by atoms with Gasteiger partial charge in [-0.3, -0.25) is 0 Å². The van der Waals surface area contributed by atoms with Crippen molar-refractivity contribution >= 4 is 11.4 Å². The summed E-state index contributed by atoms with van der Waals surface area (Å²) in [7, 11) is 3.31. The minimum absolute atomic E-state index is 0.519. The third-order valence-corrected chi connectivity index (χ3v) is 1.73. The molecule has 2 N–H and O–H groups in total. The van der Waals surface area contributed by atoms with Gasteiger partial charge in [-0.1, -0.05) is 0 Å². The fraction of sp³-hybridized carbons (Fsp3) is 0.400. The molecule has 1 aromatic rings. The molecule has 0 bridgehead atoms. The predicted molar refractivity (Wildman–Crippen MR) is 57.4 cm³/mol. The lowest BCUT2D eigenvalue weighted by atomic mass is 10.3. The van der Waals surface area contributed by atoms with Gasteiger partial charge in [-0.15, -0.1) is 0 Å². The van der Waals surface area contributed by atoms with Crippen LogP contribution in [0.2, 0.25) is 0 Å².